The highest BCUT2D eigenvalue weighted by molar-refractivity contribution is 5.78. The lowest BCUT2D eigenvalue weighted by Gasteiger charge is -2.32. The summed E-state index contributed by atoms with van der Waals surface area (Å²) >= 11 is 0. The van der Waals surface area contributed by atoms with Crippen LogP contribution in [0.1, 0.15) is 26.2 Å². The van der Waals surface area contributed by atoms with Crippen molar-refractivity contribution in [2.45, 2.75) is 38.3 Å². The van der Waals surface area contributed by atoms with E-state index in [1.807, 2.05) is 17.0 Å². The van der Waals surface area contributed by atoms with Gasteiger partial charge < -0.3 is 14.4 Å². The van der Waals surface area contributed by atoms with Crippen LogP contribution in [-0.2, 0) is 9.53 Å². The van der Waals surface area contributed by atoms with E-state index in [-0.39, 0.29) is 18.1 Å². The molecule has 0 spiro atoms. The first kappa shape index (κ1) is 18.1. The summed E-state index contributed by atoms with van der Waals surface area (Å²) in [6.07, 6.45) is 6.72. The molecular weight excluding hydrogens is 318 g/mol. The third-order valence-corrected chi connectivity index (χ3v) is 5.37. The van der Waals surface area contributed by atoms with Crippen LogP contribution in [0.3, 0.4) is 0 Å². The number of nitrogens with zero attached hydrogens (tertiary/aromatic N) is 3. The highest BCUT2D eigenvalue weighted by Crippen LogP contribution is 2.22. The second kappa shape index (κ2) is 8.63. The minimum absolute atomic E-state index is 0.164. The molecule has 0 bridgehead atoms. The number of likely N-dealkylation sites (tertiary alicyclic amines) is 2. The molecular formula is C19H29N3O3. The normalized spacial score (nSPS) is 25.3. The third-order valence-electron chi connectivity index (χ3n) is 5.37. The average molecular weight is 347 g/mol. The van der Waals surface area contributed by atoms with Crippen LogP contribution in [0.4, 0.5) is 0 Å². The molecule has 2 aliphatic rings. The molecule has 2 atom stereocenters. The lowest BCUT2D eigenvalue weighted by molar-refractivity contribution is -0.134. The number of piperidine rings is 1. The average Bonchev–Trinajstić information content (AvgIpc) is 3.03. The summed E-state index contributed by atoms with van der Waals surface area (Å²) in [5.74, 6) is 1.73. The van der Waals surface area contributed by atoms with Gasteiger partial charge in [0.15, 0.2) is 0 Å². The van der Waals surface area contributed by atoms with Crippen molar-refractivity contribution in [1.82, 2.24) is 14.8 Å². The largest absolute Gasteiger partial charge is 0.490 e. The lowest BCUT2D eigenvalue weighted by atomic mass is 9.99. The topological polar surface area (TPSA) is 54.9 Å². The van der Waals surface area contributed by atoms with E-state index in [4.69, 9.17) is 9.47 Å². The summed E-state index contributed by atoms with van der Waals surface area (Å²) in [6.45, 7) is 5.83. The molecule has 138 valence electrons. The maximum atomic E-state index is 12.7. The van der Waals surface area contributed by atoms with E-state index >= 15 is 0 Å². The van der Waals surface area contributed by atoms with Crippen molar-refractivity contribution in [1.29, 1.82) is 0 Å². The zero-order chi connectivity index (χ0) is 17.6. The number of amides is 1. The number of methoxy groups -OCH3 is 1. The van der Waals surface area contributed by atoms with Crippen molar-refractivity contribution < 1.29 is 14.3 Å². The number of aromatic nitrogens is 1. The summed E-state index contributed by atoms with van der Waals surface area (Å²) in [5, 5.41) is 0. The maximum absolute atomic E-state index is 12.7. The van der Waals surface area contributed by atoms with Gasteiger partial charge in [-0.05, 0) is 37.3 Å². The minimum Gasteiger partial charge on any atom is -0.490 e. The summed E-state index contributed by atoms with van der Waals surface area (Å²) in [7, 11) is 1.74. The molecule has 6 nitrogen and oxygen atoms in total. The van der Waals surface area contributed by atoms with Gasteiger partial charge >= 0.3 is 0 Å². The molecule has 0 aromatic carbocycles. The number of rotatable bonds is 6. The highest BCUT2D eigenvalue weighted by Gasteiger charge is 2.35. The van der Waals surface area contributed by atoms with Crippen molar-refractivity contribution in [2.24, 2.45) is 5.92 Å². The van der Waals surface area contributed by atoms with Gasteiger partial charge in [-0.1, -0.05) is 6.92 Å². The van der Waals surface area contributed by atoms with Gasteiger partial charge in [-0.25, -0.2) is 0 Å². The van der Waals surface area contributed by atoms with Gasteiger partial charge in [0.25, 0.3) is 0 Å². The Bertz CT molecular complexity index is 546. The maximum Gasteiger partial charge on any atom is 0.236 e. The first-order chi connectivity index (χ1) is 12.2. The molecule has 0 saturated carbocycles. The molecule has 2 aliphatic heterocycles. The Morgan fingerprint density at radius 2 is 2.16 bits per heavy atom. The van der Waals surface area contributed by atoms with Crippen LogP contribution in [0.5, 0.6) is 5.75 Å². The van der Waals surface area contributed by atoms with Crippen molar-refractivity contribution in [3.63, 3.8) is 0 Å². The SMILES string of the molecule is CO[C@@H]1C[C@@H](COc2cccnc2)N(CC(=O)N2CCC(C)CC2)C1. The van der Waals surface area contributed by atoms with Crippen LogP contribution in [0.2, 0.25) is 0 Å². The van der Waals surface area contributed by atoms with Crippen molar-refractivity contribution in [3.05, 3.63) is 24.5 Å². The van der Waals surface area contributed by atoms with Crippen molar-refractivity contribution in [3.8, 4) is 5.75 Å². The van der Waals surface area contributed by atoms with Gasteiger partial charge in [0.2, 0.25) is 5.91 Å². The number of hydrogen-bond acceptors (Lipinski definition) is 5. The van der Waals surface area contributed by atoms with Gasteiger partial charge in [-0.15, -0.1) is 0 Å². The summed E-state index contributed by atoms with van der Waals surface area (Å²) in [6, 6.07) is 3.96. The molecule has 0 unspecified atom stereocenters. The van der Waals surface area contributed by atoms with Crippen LogP contribution in [-0.4, -0.2) is 72.7 Å². The van der Waals surface area contributed by atoms with E-state index in [1.54, 1.807) is 19.5 Å². The monoisotopic (exact) mass is 347 g/mol. The summed E-state index contributed by atoms with van der Waals surface area (Å²) < 4.78 is 11.4. The fraction of sp³-hybridized carbons (Fsp3) is 0.684. The zero-order valence-corrected chi connectivity index (χ0v) is 15.3. The molecule has 1 aromatic rings. The third kappa shape index (κ3) is 4.92. The van der Waals surface area contributed by atoms with Crippen LogP contribution in [0.15, 0.2) is 24.5 Å². The molecule has 25 heavy (non-hydrogen) atoms. The molecule has 1 amide bonds. The van der Waals surface area contributed by atoms with Gasteiger partial charge in [0.05, 0.1) is 18.8 Å². The predicted octanol–water partition coefficient (Wildman–Crippen LogP) is 1.81. The zero-order valence-electron chi connectivity index (χ0n) is 15.3. The molecule has 3 rings (SSSR count). The molecule has 0 aliphatic carbocycles. The molecule has 0 N–H and O–H groups in total. The first-order valence-electron chi connectivity index (χ1n) is 9.23. The lowest BCUT2D eigenvalue weighted by Crippen LogP contribution is -2.46. The molecule has 2 fully saturated rings. The summed E-state index contributed by atoms with van der Waals surface area (Å²) in [4.78, 5) is 21.0. The van der Waals surface area contributed by atoms with Crippen LogP contribution in [0.25, 0.3) is 0 Å². The molecule has 2 saturated heterocycles. The Hall–Kier alpha value is -1.66. The molecule has 3 heterocycles. The molecule has 0 radical (unpaired) electrons. The van der Waals surface area contributed by atoms with E-state index < -0.39 is 0 Å². The van der Waals surface area contributed by atoms with Gasteiger partial charge in [0, 0.05) is 39.0 Å². The number of carbonyl (C=O) groups is 1. The van der Waals surface area contributed by atoms with E-state index in [1.165, 1.54) is 0 Å². The van der Waals surface area contributed by atoms with Crippen molar-refractivity contribution >= 4 is 5.91 Å². The van der Waals surface area contributed by atoms with Crippen LogP contribution >= 0.6 is 0 Å². The van der Waals surface area contributed by atoms with Gasteiger partial charge in [-0.3, -0.25) is 14.7 Å². The van der Waals surface area contributed by atoms with Gasteiger partial charge in [0.1, 0.15) is 12.4 Å². The smallest absolute Gasteiger partial charge is 0.236 e. The number of pyridine rings is 1. The molecule has 1 aromatic heterocycles. The standard InChI is InChI=1S/C19H29N3O3/c1-15-5-8-21(9-6-15)19(23)13-22-12-18(24-2)10-16(22)14-25-17-4-3-7-20-11-17/h3-4,7,11,15-16,18H,5-6,8-10,12-14H2,1-2H3/t16-,18+/m0/s1. The van der Waals surface area contributed by atoms with Crippen LogP contribution < -0.4 is 4.74 Å². The van der Waals surface area contributed by atoms with E-state index in [9.17, 15) is 4.79 Å². The predicted molar refractivity (Wildman–Crippen MR) is 95.5 cm³/mol. The first-order valence-corrected chi connectivity index (χ1v) is 9.23. The number of hydrogen-bond donors (Lipinski definition) is 0. The van der Waals surface area contributed by atoms with E-state index in [0.29, 0.717) is 13.2 Å². The summed E-state index contributed by atoms with van der Waals surface area (Å²) in [5.41, 5.74) is 0. The Morgan fingerprint density at radius 3 is 2.84 bits per heavy atom. The fourth-order valence-electron chi connectivity index (χ4n) is 3.63. The van der Waals surface area contributed by atoms with E-state index in [0.717, 1.165) is 50.6 Å². The molecule has 6 heteroatoms. The fourth-order valence-corrected chi connectivity index (χ4v) is 3.63. The van der Waals surface area contributed by atoms with Crippen LogP contribution in [0, 0.1) is 5.92 Å². The Kier molecular flexibility index (Phi) is 6.26. The Balaban J connectivity index is 1.54. The number of carbonyl (C=O) groups excluding carboxylic acids is 1. The quantitative estimate of drug-likeness (QED) is 0.785. The second-order valence-corrected chi connectivity index (χ2v) is 7.24. The number of ether oxygens (including phenoxy) is 2. The highest BCUT2D eigenvalue weighted by atomic mass is 16.5. The minimum atomic E-state index is 0.164. The Labute approximate surface area is 150 Å². The van der Waals surface area contributed by atoms with Gasteiger partial charge in [-0.2, -0.15) is 0 Å². The second-order valence-electron chi connectivity index (χ2n) is 7.24. The van der Waals surface area contributed by atoms with Crippen molar-refractivity contribution in [2.75, 3.05) is 39.9 Å². The van der Waals surface area contributed by atoms with E-state index in [2.05, 4.69) is 16.8 Å². The Morgan fingerprint density at radius 1 is 1.36 bits per heavy atom.